The normalized spacial score (nSPS) is 10.8. The van der Waals surface area contributed by atoms with Crippen LogP contribution in [0.5, 0.6) is 5.75 Å². The van der Waals surface area contributed by atoms with Crippen molar-refractivity contribution in [1.82, 2.24) is 4.98 Å². The zero-order chi connectivity index (χ0) is 17.4. The second-order valence-corrected chi connectivity index (χ2v) is 5.84. The first-order valence-electron chi connectivity index (χ1n) is 6.77. The van der Waals surface area contributed by atoms with Crippen LogP contribution < -0.4 is 4.74 Å². The number of methoxy groups -OCH3 is 1. The highest BCUT2D eigenvalue weighted by molar-refractivity contribution is 6.38. The summed E-state index contributed by atoms with van der Waals surface area (Å²) in [5.74, 6) is -1.64. The molecule has 0 bridgehead atoms. The van der Waals surface area contributed by atoms with Gasteiger partial charge in [-0.1, -0.05) is 23.2 Å². The van der Waals surface area contributed by atoms with Gasteiger partial charge in [-0.25, -0.2) is 14.2 Å². The van der Waals surface area contributed by atoms with Gasteiger partial charge in [0.1, 0.15) is 0 Å². The molecule has 1 aromatic heterocycles. The van der Waals surface area contributed by atoms with Crippen molar-refractivity contribution in [1.29, 1.82) is 0 Å². The summed E-state index contributed by atoms with van der Waals surface area (Å²) in [6, 6.07) is 8.58. The lowest BCUT2D eigenvalue weighted by molar-refractivity contribution is 0.0699. The number of carbonyl (C=O) groups is 1. The number of ether oxygens (including phenoxy) is 1. The van der Waals surface area contributed by atoms with Crippen LogP contribution in [0.3, 0.4) is 0 Å². The molecule has 3 aromatic rings. The van der Waals surface area contributed by atoms with Crippen LogP contribution in [0, 0.1) is 5.82 Å². The number of pyridine rings is 1. The predicted molar refractivity (Wildman–Crippen MR) is 90.7 cm³/mol. The average molecular weight is 366 g/mol. The fourth-order valence-corrected chi connectivity index (χ4v) is 2.94. The number of hydrogen-bond donors (Lipinski definition) is 1. The van der Waals surface area contributed by atoms with E-state index in [4.69, 9.17) is 27.9 Å². The molecule has 1 N–H and O–H groups in total. The Labute approximate surface area is 146 Å². The van der Waals surface area contributed by atoms with Crippen LogP contribution in [0.1, 0.15) is 10.4 Å². The molecule has 3 rings (SSSR count). The molecule has 2 aromatic carbocycles. The third-order valence-corrected chi connectivity index (χ3v) is 4.02. The van der Waals surface area contributed by atoms with Gasteiger partial charge in [0.25, 0.3) is 0 Å². The quantitative estimate of drug-likeness (QED) is 0.704. The minimum atomic E-state index is -1.16. The molecular formula is C17H10Cl2FNO3. The zero-order valence-corrected chi connectivity index (χ0v) is 13.8. The van der Waals surface area contributed by atoms with Gasteiger partial charge in [-0.15, -0.1) is 0 Å². The van der Waals surface area contributed by atoms with Crippen molar-refractivity contribution in [2.24, 2.45) is 0 Å². The van der Waals surface area contributed by atoms with E-state index in [1.165, 1.54) is 37.4 Å². The van der Waals surface area contributed by atoms with Gasteiger partial charge in [0, 0.05) is 16.0 Å². The maximum Gasteiger partial charge on any atom is 0.336 e. The Hall–Kier alpha value is -2.37. The SMILES string of the molecule is COc1ccc(-c2cc(C(=O)O)c3cc(Cl)cc(Cl)c3n2)cc1F. The monoisotopic (exact) mass is 365 g/mol. The van der Waals surface area contributed by atoms with Gasteiger partial charge in [-0.2, -0.15) is 0 Å². The van der Waals surface area contributed by atoms with Gasteiger partial charge >= 0.3 is 5.97 Å². The molecule has 122 valence electrons. The molecule has 4 nitrogen and oxygen atoms in total. The summed E-state index contributed by atoms with van der Waals surface area (Å²) >= 11 is 12.1. The van der Waals surface area contributed by atoms with Crippen molar-refractivity contribution in [2.75, 3.05) is 7.11 Å². The molecule has 0 saturated carbocycles. The first-order valence-corrected chi connectivity index (χ1v) is 7.53. The first-order chi connectivity index (χ1) is 11.4. The van der Waals surface area contributed by atoms with Crippen molar-refractivity contribution in [3.8, 4) is 17.0 Å². The Morgan fingerprint density at radius 3 is 2.58 bits per heavy atom. The summed E-state index contributed by atoms with van der Waals surface area (Å²) in [6.07, 6.45) is 0. The van der Waals surface area contributed by atoms with E-state index in [0.29, 0.717) is 16.0 Å². The Morgan fingerprint density at radius 1 is 1.21 bits per heavy atom. The number of halogens is 3. The van der Waals surface area contributed by atoms with Gasteiger partial charge in [0.05, 0.1) is 28.9 Å². The second kappa shape index (κ2) is 6.26. The van der Waals surface area contributed by atoms with E-state index in [-0.39, 0.29) is 27.5 Å². The minimum Gasteiger partial charge on any atom is -0.494 e. The number of benzene rings is 2. The fraction of sp³-hybridized carbons (Fsp3) is 0.0588. The largest absolute Gasteiger partial charge is 0.494 e. The third-order valence-electron chi connectivity index (χ3n) is 3.51. The highest BCUT2D eigenvalue weighted by Crippen LogP contribution is 2.33. The maximum absolute atomic E-state index is 13.9. The van der Waals surface area contributed by atoms with Gasteiger partial charge in [0.2, 0.25) is 0 Å². The van der Waals surface area contributed by atoms with Crippen molar-refractivity contribution in [3.63, 3.8) is 0 Å². The van der Waals surface area contributed by atoms with Crippen molar-refractivity contribution in [3.05, 3.63) is 57.8 Å². The van der Waals surface area contributed by atoms with Crippen LogP contribution in [0.25, 0.3) is 22.2 Å². The Balaban J connectivity index is 2.30. The molecule has 0 atom stereocenters. The lowest BCUT2D eigenvalue weighted by Gasteiger charge is -2.10. The van der Waals surface area contributed by atoms with Gasteiger partial charge in [0.15, 0.2) is 11.6 Å². The molecule has 0 aliphatic carbocycles. The molecule has 0 aliphatic heterocycles. The van der Waals surface area contributed by atoms with E-state index in [0.717, 1.165) is 0 Å². The summed E-state index contributed by atoms with van der Waals surface area (Å²) in [4.78, 5) is 15.9. The molecule has 0 spiro atoms. The summed E-state index contributed by atoms with van der Waals surface area (Å²) in [7, 11) is 1.36. The fourth-order valence-electron chi connectivity index (χ4n) is 2.40. The summed E-state index contributed by atoms with van der Waals surface area (Å²) in [5.41, 5.74) is 0.956. The summed E-state index contributed by atoms with van der Waals surface area (Å²) in [6.45, 7) is 0. The standard InChI is InChI=1S/C17H10Cl2FNO3/c1-24-15-3-2-8(4-13(15)20)14-7-11(17(22)23)10-5-9(18)6-12(19)16(10)21-14/h2-7H,1H3,(H,22,23). The third kappa shape index (κ3) is 2.88. The molecule has 0 unspecified atom stereocenters. The molecule has 7 heteroatoms. The number of nitrogens with zero attached hydrogens (tertiary/aromatic N) is 1. The minimum absolute atomic E-state index is 0.0179. The molecule has 0 aliphatic rings. The first kappa shape index (κ1) is 16.5. The lowest BCUT2D eigenvalue weighted by Crippen LogP contribution is -2.01. The van der Waals surface area contributed by atoms with Crippen molar-refractivity contribution in [2.45, 2.75) is 0 Å². The number of carboxylic acids is 1. The van der Waals surface area contributed by atoms with E-state index in [2.05, 4.69) is 4.98 Å². The van der Waals surface area contributed by atoms with E-state index in [9.17, 15) is 14.3 Å². The smallest absolute Gasteiger partial charge is 0.336 e. The van der Waals surface area contributed by atoms with E-state index in [1.807, 2.05) is 0 Å². The number of fused-ring (bicyclic) bond motifs is 1. The predicted octanol–water partition coefficient (Wildman–Crippen LogP) is 5.05. The van der Waals surface area contributed by atoms with Crippen LogP contribution >= 0.6 is 23.2 Å². The Bertz CT molecular complexity index is 976. The Kier molecular flexibility index (Phi) is 4.30. The van der Waals surface area contributed by atoms with Gasteiger partial charge < -0.3 is 9.84 Å². The van der Waals surface area contributed by atoms with Gasteiger partial charge in [-0.05, 0) is 36.4 Å². The molecule has 0 radical (unpaired) electrons. The van der Waals surface area contributed by atoms with Crippen LogP contribution in [-0.2, 0) is 0 Å². The van der Waals surface area contributed by atoms with Gasteiger partial charge in [-0.3, -0.25) is 0 Å². The van der Waals surface area contributed by atoms with E-state index < -0.39 is 11.8 Å². The maximum atomic E-state index is 13.9. The van der Waals surface area contributed by atoms with E-state index >= 15 is 0 Å². The topological polar surface area (TPSA) is 59.4 Å². The number of aromatic carboxylic acids is 1. The summed E-state index contributed by atoms with van der Waals surface area (Å²) in [5, 5.41) is 10.3. The molecule has 0 fully saturated rings. The van der Waals surface area contributed by atoms with Crippen LogP contribution in [0.2, 0.25) is 10.0 Å². The Morgan fingerprint density at radius 2 is 1.96 bits per heavy atom. The molecule has 0 saturated heterocycles. The molecule has 24 heavy (non-hydrogen) atoms. The highest BCUT2D eigenvalue weighted by Gasteiger charge is 2.16. The number of aromatic nitrogens is 1. The second-order valence-electron chi connectivity index (χ2n) is 4.99. The lowest BCUT2D eigenvalue weighted by atomic mass is 10.0. The summed E-state index contributed by atoms with van der Waals surface area (Å²) < 4.78 is 18.8. The van der Waals surface area contributed by atoms with Crippen LogP contribution in [0.15, 0.2) is 36.4 Å². The van der Waals surface area contributed by atoms with Crippen LogP contribution in [-0.4, -0.2) is 23.2 Å². The van der Waals surface area contributed by atoms with Crippen LogP contribution in [0.4, 0.5) is 4.39 Å². The zero-order valence-electron chi connectivity index (χ0n) is 12.3. The molecule has 1 heterocycles. The number of rotatable bonds is 3. The number of hydrogen-bond acceptors (Lipinski definition) is 3. The highest BCUT2D eigenvalue weighted by atomic mass is 35.5. The number of carboxylic acid groups (broad SMARTS) is 1. The molecular weight excluding hydrogens is 356 g/mol. The van der Waals surface area contributed by atoms with E-state index in [1.54, 1.807) is 6.07 Å². The van der Waals surface area contributed by atoms with Crippen molar-refractivity contribution < 1.29 is 19.0 Å². The molecule has 0 amide bonds. The average Bonchev–Trinajstić information content (AvgIpc) is 2.53. The van der Waals surface area contributed by atoms with Crippen molar-refractivity contribution >= 4 is 40.1 Å².